The third-order valence-corrected chi connectivity index (χ3v) is 2.60. The van der Waals surface area contributed by atoms with Crippen LogP contribution in [0.25, 0.3) is 0 Å². The summed E-state index contributed by atoms with van der Waals surface area (Å²) in [5, 5.41) is 34.0. The summed E-state index contributed by atoms with van der Waals surface area (Å²) in [6.45, 7) is -1.62. The average molecular weight is 353 g/mol. The van der Waals surface area contributed by atoms with E-state index in [9.17, 15) is 9.13 Å². The predicted octanol–water partition coefficient (Wildman–Crippen LogP) is -0.912. The van der Waals surface area contributed by atoms with Crippen LogP contribution in [0.5, 0.6) is 0 Å². The van der Waals surface area contributed by atoms with Gasteiger partial charge < -0.3 is 20.4 Å². The zero-order valence-corrected chi connectivity index (χ0v) is 12.4. The first-order valence-corrected chi connectivity index (χ1v) is 6.07. The van der Waals surface area contributed by atoms with Crippen LogP contribution >= 0.6 is 41.3 Å². The molecule has 0 fully saturated rings. The number of rotatable bonds is 6. The van der Waals surface area contributed by atoms with Gasteiger partial charge in [0.2, 0.25) is 0 Å². The summed E-state index contributed by atoms with van der Waals surface area (Å²) in [7, 11) is -5.85. The third-order valence-electron chi connectivity index (χ3n) is 1.48. The topological polar surface area (TPSA) is 165 Å². The van der Waals surface area contributed by atoms with Crippen LogP contribution in [0.4, 0.5) is 0 Å². The highest BCUT2D eigenvalue weighted by Gasteiger charge is 2.31. The third kappa shape index (κ3) is 14.6. The van der Waals surface area contributed by atoms with Crippen molar-refractivity contribution in [3.8, 4) is 0 Å². The first-order chi connectivity index (χ1) is 7.37. The Hall–Kier alpha value is 0.500. The molecule has 18 heavy (non-hydrogen) atoms. The molecule has 0 aromatic carbocycles. The molecule has 0 bridgehead atoms. The van der Waals surface area contributed by atoms with Crippen molar-refractivity contribution >= 4 is 41.3 Å². The minimum absolute atomic E-state index is 0. The van der Waals surface area contributed by atoms with E-state index < -0.39 is 48.4 Å². The molecule has 0 radical (unpaired) electrons. The van der Waals surface area contributed by atoms with Gasteiger partial charge in [-0.15, -0.1) is 34.6 Å². The lowest BCUT2D eigenvalue weighted by atomic mass is 9.93. The summed E-state index contributed by atoms with van der Waals surface area (Å²) < 4.78 is 22.2. The number of aliphatic hydroxyl groups excluding tert-OH is 4. The lowest BCUT2D eigenvalue weighted by Gasteiger charge is -2.23. The van der Waals surface area contributed by atoms with Gasteiger partial charge in [0.1, 0.15) is 0 Å². The second kappa shape index (κ2) is 15.6. The molecule has 0 aromatic rings. The van der Waals surface area contributed by atoms with E-state index in [1.165, 1.54) is 0 Å². The molecule has 0 saturated carbocycles. The highest BCUT2D eigenvalue weighted by Crippen LogP contribution is 2.30. The molecule has 0 spiro atoms. The Labute approximate surface area is 117 Å². The van der Waals surface area contributed by atoms with Gasteiger partial charge in [-0.3, -0.25) is 0 Å². The monoisotopic (exact) mass is 352 g/mol. The fourth-order valence-corrected chi connectivity index (χ4v) is 0.838. The van der Waals surface area contributed by atoms with Gasteiger partial charge in [0.05, 0.1) is 31.8 Å². The maximum Gasteiger partial charge on any atom is 0.745 e. The lowest BCUT2D eigenvalue weighted by molar-refractivity contribution is -0.0328. The van der Waals surface area contributed by atoms with E-state index in [0.29, 0.717) is 0 Å². The van der Waals surface area contributed by atoms with Crippen molar-refractivity contribution in [1.82, 2.24) is 0 Å². The van der Waals surface area contributed by atoms with E-state index in [0.717, 1.165) is 0 Å². The van der Waals surface area contributed by atoms with Gasteiger partial charge in [-0.05, 0) is 0 Å². The van der Waals surface area contributed by atoms with E-state index >= 15 is 0 Å². The Morgan fingerprint density at radius 3 is 1.00 bits per heavy atom. The molecule has 0 aliphatic rings. The molecule has 2 atom stereocenters. The van der Waals surface area contributed by atoms with Gasteiger partial charge in [0, 0.05) is 9.13 Å². The summed E-state index contributed by atoms with van der Waals surface area (Å²) >= 11 is 0. The van der Waals surface area contributed by atoms with Gasteiger partial charge in [-0.2, -0.15) is 0 Å². The van der Waals surface area contributed by atoms with Crippen LogP contribution in [-0.4, -0.2) is 56.6 Å². The molecule has 112 valence electrons. The quantitative estimate of drug-likeness (QED) is 0.332. The van der Waals surface area contributed by atoms with Crippen molar-refractivity contribution in [3.05, 3.63) is 0 Å². The molecule has 9 nitrogen and oxygen atoms in total. The van der Waals surface area contributed by atoms with Crippen LogP contribution in [0.2, 0.25) is 0 Å². The number of hydrogen-bond acceptors (Lipinski definition) is 7. The van der Waals surface area contributed by atoms with E-state index in [-0.39, 0.29) is 24.8 Å². The van der Waals surface area contributed by atoms with Crippen LogP contribution < -0.4 is 0 Å². The normalized spacial score (nSPS) is 11.2. The maximum absolute atomic E-state index is 9.39. The Bertz CT molecular complexity index is 195. The predicted molar refractivity (Wildman–Crippen MR) is 66.0 cm³/mol. The van der Waals surface area contributed by atoms with Crippen molar-refractivity contribution < 1.29 is 43.7 Å². The van der Waals surface area contributed by atoms with Gasteiger partial charge >= 0.3 is 16.5 Å². The molecule has 0 saturated heterocycles. The molecule has 13 heteroatoms. The maximum atomic E-state index is 9.39. The van der Waals surface area contributed by atoms with Crippen LogP contribution in [0.15, 0.2) is 0 Å². The second-order valence-electron chi connectivity index (χ2n) is 2.69. The molecule has 0 aliphatic heterocycles. The Balaban J connectivity index is -0.000000100. The molecule has 0 amide bonds. The number of halogens is 2. The molecular weight excluding hydrogens is 337 g/mol. The van der Waals surface area contributed by atoms with Crippen molar-refractivity contribution in [2.45, 2.75) is 0 Å². The van der Waals surface area contributed by atoms with Crippen LogP contribution in [0, 0.1) is 5.41 Å². The molecular formula is C5H16Cl2O9P2+2. The fraction of sp³-hybridized carbons (Fsp3) is 1.00. The van der Waals surface area contributed by atoms with Gasteiger partial charge in [-0.1, -0.05) is 0 Å². The summed E-state index contributed by atoms with van der Waals surface area (Å²) in [4.78, 5) is 15.3. The zero-order valence-electron chi connectivity index (χ0n) is 8.95. The Morgan fingerprint density at radius 2 is 1.00 bits per heavy atom. The first kappa shape index (κ1) is 26.9. The smallest absolute Gasteiger partial charge is 0.396 e. The first-order valence-electron chi connectivity index (χ1n) is 3.81. The zero-order chi connectivity index (χ0) is 13.2. The lowest BCUT2D eigenvalue weighted by Crippen LogP contribution is -2.37. The van der Waals surface area contributed by atoms with Crippen molar-refractivity contribution in [2.75, 3.05) is 26.4 Å². The van der Waals surface area contributed by atoms with Crippen molar-refractivity contribution in [1.29, 1.82) is 0 Å². The van der Waals surface area contributed by atoms with Gasteiger partial charge in [-0.25, -0.2) is 0 Å². The van der Waals surface area contributed by atoms with Gasteiger partial charge in [0.15, 0.2) is 4.31 Å². The summed E-state index contributed by atoms with van der Waals surface area (Å²) in [6.07, 6.45) is 0. The van der Waals surface area contributed by atoms with E-state index in [4.69, 9.17) is 30.2 Å². The van der Waals surface area contributed by atoms with E-state index in [1.54, 1.807) is 0 Å². The van der Waals surface area contributed by atoms with Crippen LogP contribution in [0.1, 0.15) is 0 Å². The minimum atomic E-state index is -2.92. The largest absolute Gasteiger partial charge is 0.745 e. The second-order valence-corrected chi connectivity index (χ2v) is 4.29. The molecule has 0 aliphatic carbocycles. The highest BCUT2D eigenvalue weighted by atomic mass is 35.5. The van der Waals surface area contributed by atoms with E-state index in [2.05, 4.69) is 4.31 Å². The molecule has 0 heterocycles. The molecule has 6 N–H and O–H groups in total. The van der Waals surface area contributed by atoms with Crippen molar-refractivity contribution in [2.24, 2.45) is 5.41 Å². The highest BCUT2D eigenvalue weighted by molar-refractivity contribution is 7.46. The number of aliphatic hydroxyl groups is 4. The molecule has 0 rings (SSSR count). The summed E-state index contributed by atoms with van der Waals surface area (Å²) in [5.74, 6) is 0. The molecule has 2 unspecified atom stereocenters. The molecule has 0 aromatic heterocycles. The average Bonchev–Trinajstić information content (AvgIpc) is 2.21. The Kier molecular flexibility index (Phi) is 23.3. The van der Waals surface area contributed by atoms with Crippen molar-refractivity contribution in [3.63, 3.8) is 0 Å². The number of hydrogen-bond donors (Lipinski definition) is 6. The summed E-state index contributed by atoms with van der Waals surface area (Å²) in [6, 6.07) is 0. The van der Waals surface area contributed by atoms with Crippen LogP contribution in [-0.2, 0) is 13.4 Å². The SMILES string of the molecule is Cl.Cl.O=[P+](O)O[P+](=O)O.OCC(CO)(CO)CO. The van der Waals surface area contributed by atoms with Gasteiger partial charge in [0.25, 0.3) is 0 Å². The van der Waals surface area contributed by atoms with E-state index in [1.807, 2.05) is 0 Å². The Morgan fingerprint density at radius 1 is 0.778 bits per heavy atom. The fourth-order valence-electron chi connectivity index (χ4n) is 0.360. The van der Waals surface area contributed by atoms with Crippen LogP contribution in [0.3, 0.4) is 0 Å². The summed E-state index contributed by atoms with van der Waals surface area (Å²) in [5.41, 5.74) is -1.11. The standard InChI is InChI=1S/C5H12O4.2ClH.O5P2/c6-1-5(2-7,3-8)4-9;;;1-6(2)5-7(3)4/h6-9H,1-4H2;2*1H;/p+2. The minimum Gasteiger partial charge on any atom is -0.396 e.